The molecule has 1 aromatic heterocycles. The molecule has 3 aliphatic carbocycles. The van der Waals surface area contributed by atoms with Crippen LogP contribution in [0.5, 0.6) is 5.88 Å². The first kappa shape index (κ1) is 29.9. The zero-order valence-corrected chi connectivity index (χ0v) is 26.4. The van der Waals surface area contributed by atoms with Crippen LogP contribution in [0.4, 0.5) is 0 Å². The fourth-order valence-corrected chi connectivity index (χ4v) is 9.36. The van der Waals surface area contributed by atoms with Gasteiger partial charge in [0.1, 0.15) is 0 Å². The van der Waals surface area contributed by atoms with Gasteiger partial charge in [-0.15, -0.1) is 0 Å². The molecule has 2 aromatic rings. The van der Waals surface area contributed by atoms with E-state index in [0.29, 0.717) is 52.9 Å². The normalized spacial score (nSPS) is 36.4. The molecule has 0 bridgehead atoms. The second kappa shape index (κ2) is 11.4. The van der Waals surface area contributed by atoms with E-state index in [1.807, 2.05) is 6.07 Å². The van der Waals surface area contributed by atoms with Crippen LogP contribution in [0.3, 0.4) is 0 Å². The number of allylic oxidation sites excluding steroid dienone is 2. The molecular weight excluding hydrogens is 524 g/mol. The molecule has 1 aliphatic heterocycles. The Morgan fingerprint density at radius 2 is 1.86 bits per heavy atom. The first-order valence-corrected chi connectivity index (χ1v) is 16.8. The molecule has 6 heteroatoms. The second-order valence-corrected chi connectivity index (χ2v) is 15.1. The van der Waals surface area contributed by atoms with Gasteiger partial charge in [0.15, 0.2) is 0 Å². The average Bonchev–Trinajstić information content (AvgIpc) is 3.32. The number of ether oxygens (including phenoxy) is 1. The van der Waals surface area contributed by atoms with E-state index in [1.165, 1.54) is 43.2 Å². The van der Waals surface area contributed by atoms with Crippen molar-refractivity contribution in [3.05, 3.63) is 40.7 Å². The molecule has 0 amide bonds. The van der Waals surface area contributed by atoms with Crippen molar-refractivity contribution in [1.82, 2.24) is 9.78 Å². The first-order valence-electron chi connectivity index (χ1n) is 16.8. The van der Waals surface area contributed by atoms with Crippen molar-refractivity contribution in [2.24, 2.45) is 40.9 Å². The van der Waals surface area contributed by atoms with E-state index in [0.717, 1.165) is 31.4 Å². The predicted octanol–water partition coefficient (Wildman–Crippen LogP) is 6.92. The molecule has 230 valence electrons. The van der Waals surface area contributed by atoms with Gasteiger partial charge in [-0.2, -0.15) is 5.10 Å². The van der Waals surface area contributed by atoms with Gasteiger partial charge in [0.05, 0.1) is 17.8 Å². The third-order valence-electron chi connectivity index (χ3n) is 12.1. The molecule has 3 fully saturated rings. The zero-order valence-electron chi connectivity index (χ0n) is 26.4. The average molecular weight is 576 g/mol. The van der Waals surface area contributed by atoms with Gasteiger partial charge in [-0.1, -0.05) is 57.9 Å². The van der Waals surface area contributed by atoms with E-state index in [9.17, 15) is 15.0 Å². The monoisotopic (exact) mass is 575 g/mol. The molecule has 9 atom stereocenters. The molecule has 4 aliphatic rings. The number of unbranched alkanes of at least 4 members (excludes halogenated alkanes) is 1. The molecule has 6 rings (SSSR count). The second-order valence-electron chi connectivity index (χ2n) is 15.1. The fourth-order valence-electron chi connectivity index (χ4n) is 9.36. The van der Waals surface area contributed by atoms with Crippen molar-refractivity contribution in [3.8, 4) is 5.88 Å². The summed E-state index contributed by atoms with van der Waals surface area (Å²) in [6.07, 6.45) is 14.4. The van der Waals surface area contributed by atoms with Crippen LogP contribution in [0.2, 0.25) is 0 Å². The van der Waals surface area contributed by atoms with E-state index < -0.39 is 6.10 Å². The lowest BCUT2D eigenvalue weighted by Gasteiger charge is -2.55. The minimum absolute atomic E-state index is 0.00291. The van der Waals surface area contributed by atoms with Crippen LogP contribution in [0.15, 0.2) is 35.1 Å². The summed E-state index contributed by atoms with van der Waals surface area (Å²) in [6, 6.07) is 7.04. The summed E-state index contributed by atoms with van der Waals surface area (Å²) in [4.78, 5) is 13.9. The highest BCUT2D eigenvalue weighted by Crippen LogP contribution is 2.60. The summed E-state index contributed by atoms with van der Waals surface area (Å²) in [6.45, 7) is 11.5. The maximum Gasteiger partial charge on any atom is 0.279 e. The molecule has 0 radical (unpaired) electrons. The van der Waals surface area contributed by atoms with Gasteiger partial charge in [-0.05, 0) is 118 Å². The molecule has 6 nitrogen and oxygen atoms in total. The number of rotatable bonds is 9. The lowest BCUT2D eigenvalue weighted by molar-refractivity contribution is -0.273. The van der Waals surface area contributed by atoms with Crippen molar-refractivity contribution >= 4 is 16.5 Å². The zero-order chi connectivity index (χ0) is 29.8. The highest BCUT2D eigenvalue weighted by Gasteiger charge is 2.54. The van der Waals surface area contributed by atoms with Crippen molar-refractivity contribution in [2.75, 3.05) is 0 Å². The quantitative estimate of drug-likeness (QED) is 0.328. The Kier molecular flexibility index (Phi) is 8.10. The highest BCUT2D eigenvalue weighted by molar-refractivity contribution is 5.85. The van der Waals surface area contributed by atoms with Gasteiger partial charge in [-0.25, -0.2) is 4.68 Å². The van der Waals surface area contributed by atoms with E-state index >= 15 is 0 Å². The van der Waals surface area contributed by atoms with Gasteiger partial charge in [0.2, 0.25) is 0 Å². The Labute approximate surface area is 251 Å². The summed E-state index contributed by atoms with van der Waals surface area (Å²) in [5, 5.41) is 29.3. The molecule has 0 spiro atoms. The number of hydrogen-bond acceptors (Lipinski definition) is 5. The summed E-state index contributed by atoms with van der Waals surface area (Å²) in [5.74, 6) is 2.46. The van der Waals surface area contributed by atoms with E-state index in [1.54, 1.807) is 18.2 Å². The highest BCUT2D eigenvalue weighted by atomic mass is 16.6. The molecule has 1 N–H and O–H groups in total. The van der Waals surface area contributed by atoms with Gasteiger partial charge >= 0.3 is 0 Å². The number of fused-ring (bicyclic) bond motifs is 2. The van der Waals surface area contributed by atoms with Crippen molar-refractivity contribution < 1.29 is 14.9 Å². The smallest absolute Gasteiger partial charge is 0.279 e. The Balaban J connectivity index is 1.36. The Bertz CT molecular complexity index is 1380. The standard InChI is InChI=1S/C36H52N2O4/c1-6-7-12-29-28(24-15-14-23(19-24)22(2)13-16-32-35(3,4)42-32)21-31(30-20-25(39)17-18-36(29,30)5)38-34(41)27-11-9-8-10-26(27)33(40)37-38/h8-11,21-25,28-30,32,39H,6-7,12-20H2,1-5H3,(H,37,40)/p-1/t22-,23?,24?,25?,28?,29?,30?,32?,36?/m1/s1. The minimum Gasteiger partial charge on any atom is -0.857 e. The van der Waals surface area contributed by atoms with E-state index in [-0.39, 0.29) is 28.4 Å². The largest absolute Gasteiger partial charge is 0.857 e. The van der Waals surface area contributed by atoms with Gasteiger partial charge in [0.25, 0.3) is 5.56 Å². The third-order valence-corrected chi connectivity index (χ3v) is 12.1. The Morgan fingerprint density at radius 1 is 1.12 bits per heavy atom. The lowest BCUT2D eigenvalue weighted by atomic mass is 9.51. The third kappa shape index (κ3) is 5.36. The van der Waals surface area contributed by atoms with Gasteiger partial charge in [0, 0.05) is 22.9 Å². The predicted molar refractivity (Wildman–Crippen MR) is 166 cm³/mol. The summed E-state index contributed by atoms with van der Waals surface area (Å²) in [5.41, 5.74) is 0.670. The van der Waals surface area contributed by atoms with Crippen LogP contribution >= 0.6 is 0 Å². The van der Waals surface area contributed by atoms with Gasteiger partial charge < -0.3 is 14.9 Å². The molecular formula is C36H51N2O4-. The topological polar surface area (TPSA) is 90.7 Å². The van der Waals surface area contributed by atoms with Crippen molar-refractivity contribution in [2.45, 2.75) is 123 Å². The summed E-state index contributed by atoms with van der Waals surface area (Å²) in [7, 11) is 0. The Morgan fingerprint density at radius 3 is 2.57 bits per heavy atom. The van der Waals surface area contributed by atoms with E-state index in [2.05, 4.69) is 45.8 Å². The van der Waals surface area contributed by atoms with Crippen LogP contribution < -0.4 is 10.7 Å². The number of nitrogens with zero attached hydrogens (tertiary/aromatic N) is 2. The number of benzene rings is 1. The first-order chi connectivity index (χ1) is 20.0. The van der Waals surface area contributed by atoms with E-state index in [4.69, 9.17) is 4.74 Å². The van der Waals surface area contributed by atoms with Crippen molar-refractivity contribution in [3.63, 3.8) is 0 Å². The number of hydrogen-bond donors (Lipinski definition) is 1. The SMILES string of the molecule is CCCCC1C(C2CCC([C@H](C)CCC3OC3(C)C)C2)C=C(n2nc([O-])c3ccccc3c2=O)C2CC(O)CCC21C. The molecule has 8 unspecified atom stereocenters. The molecule has 1 saturated heterocycles. The summed E-state index contributed by atoms with van der Waals surface area (Å²) >= 11 is 0. The van der Waals surface area contributed by atoms with Crippen LogP contribution in [0.25, 0.3) is 16.5 Å². The Hall–Kier alpha value is -2.18. The maximum atomic E-state index is 13.9. The van der Waals surface area contributed by atoms with Crippen molar-refractivity contribution in [1.29, 1.82) is 0 Å². The number of epoxide rings is 1. The van der Waals surface area contributed by atoms with Crippen LogP contribution in [0.1, 0.15) is 105 Å². The maximum absolute atomic E-state index is 13.9. The molecule has 2 saturated carbocycles. The molecule has 1 aromatic carbocycles. The van der Waals surface area contributed by atoms with Crippen LogP contribution in [-0.2, 0) is 4.74 Å². The number of aliphatic hydroxyl groups is 1. The molecule has 42 heavy (non-hydrogen) atoms. The lowest BCUT2D eigenvalue weighted by Crippen LogP contribution is -2.50. The number of aliphatic hydroxyl groups excluding tert-OH is 1. The van der Waals surface area contributed by atoms with Gasteiger partial charge in [-0.3, -0.25) is 4.79 Å². The van der Waals surface area contributed by atoms with Crippen LogP contribution in [-0.4, -0.2) is 32.7 Å². The summed E-state index contributed by atoms with van der Waals surface area (Å²) < 4.78 is 7.32. The fraction of sp³-hybridized carbons (Fsp3) is 0.722. The van der Waals surface area contributed by atoms with Crippen LogP contribution in [0, 0.1) is 40.9 Å². The minimum atomic E-state index is -0.394. The number of aromatic nitrogens is 2. The molecule has 2 heterocycles.